The van der Waals surface area contributed by atoms with E-state index in [0.29, 0.717) is 6.54 Å². The van der Waals surface area contributed by atoms with Gasteiger partial charge < -0.3 is 19.7 Å². The van der Waals surface area contributed by atoms with E-state index in [9.17, 15) is 14.7 Å². The first kappa shape index (κ1) is 18.5. The average molecular weight is 289 g/mol. The van der Waals surface area contributed by atoms with E-state index in [1.807, 2.05) is 24.1 Å². The van der Waals surface area contributed by atoms with E-state index >= 15 is 0 Å². The molecule has 0 aromatic carbocycles. The Hall–Kier alpha value is -0.474. The van der Waals surface area contributed by atoms with E-state index in [2.05, 4.69) is 4.98 Å². The second kappa shape index (κ2) is 9.43. The van der Waals surface area contributed by atoms with Crippen molar-refractivity contribution in [3.63, 3.8) is 0 Å². The van der Waals surface area contributed by atoms with Gasteiger partial charge in [-0.05, 0) is 12.1 Å². The van der Waals surface area contributed by atoms with Gasteiger partial charge in [0.2, 0.25) is 5.91 Å². The number of hydrogen-bond donors (Lipinski definition) is 0. The van der Waals surface area contributed by atoms with Gasteiger partial charge in [-0.1, -0.05) is 0 Å². The van der Waals surface area contributed by atoms with E-state index < -0.39 is 5.97 Å². The summed E-state index contributed by atoms with van der Waals surface area (Å²) in [5.74, 6) is -1.48. The molecule has 0 radical (unpaired) electrons. The number of nitrogens with zero attached hydrogens (tertiary/aromatic N) is 3. The Morgan fingerprint density at radius 2 is 1.84 bits per heavy atom. The Kier molecular flexibility index (Phi) is 9.20. The molecule has 0 fully saturated rings. The Balaban J connectivity index is 0.00000324. The third-order valence-electron chi connectivity index (χ3n) is 2.56. The second-order valence-corrected chi connectivity index (χ2v) is 4.00. The quantitative estimate of drug-likeness (QED) is 0.501. The van der Waals surface area contributed by atoms with E-state index in [1.54, 1.807) is 12.4 Å². The van der Waals surface area contributed by atoms with Gasteiger partial charge in [-0.3, -0.25) is 9.78 Å². The molecule has 0 unspecified atom stereocenters. The number of anilines is 1. The van der Waals surface area contributed by atoms with Crippen LogP contribution in [0.5, 0.6) is 0 Å². The van der Waals surface area contributed by atoms with Crippen LogP contribution in [0.25, 0.3) is 0 Å². The largest absolute Gasteiger partial charge is 1.00 e. The molecular weight excluding hydrogens is 273 g/mol. The molecule has 0 bridgehead atoms. The van der Waals surface area contributed by atoms with Crippen LogP contribution >= 0.6 is 0 Å². The first-order valence-corrected chi connectivity index (χ1v) is 5.55. The van der Waals surface area contributed by atoms with E-state index in [-0.39, 0.29) is 70.3 Å². The van der Waals surface area contributed by atoms with Crippen LogP contribution in [0.15, 0.2) is 24.5 Å². The van der Waals surface area contributed by atoms with Crippen molar-refractivity contribution in [2.75, 3.05) is 32.1 Å². The summed E-state index contributed by atoms with van der Waals surface area (Å²) in [6.07, 6.45) is 3.61. The van der Waals surface area contributed by atoms with Gasteiger partial charge in [-0.25, -0.2) is 0 Å². The molecule has 0 aliphatic carbocycles. The number of carboxylic acid groups (broad SMARTS) is 1. The third kappa shape index (κ3) is 7.02. The molecule has 19 heavy (non-hydrogen) atoms. The van der Waals surface area contributed by atoms with Gasteiger partial charge in [0.1, 0.15) is 0 Å². The fraction of sp³-hybridized carbons (Fsp3) is 0.417. The Morgan fingerprint density at radius 1 is 1.26 bits per heavy atom. The zero-order valence-electron chi connectivity index (χ0n) is 11.5. The number of amides is 1. The molecule has 7 heteroatoms. The van der Waals surface area contributed by atoms with Crippen molar-refractivity contribution in [1.82, 2.24) is 9.88 Å². The van der Waals surface area contributed by atoms with Gasteiger partial charge in [-0.2, -0.15) is 0 Å². The summed E-state index contributed by atoms with van der Waals surface area (Å²) in [6.45, 7) is 0.137. The van der Waals surface area contributed by atoms with Crippen LogP contribution in [0.3, 0.4) is 0 Å². The Bertz CT molecular complexity index is 414. The number of rotatable bonds is 6. The zero-order chi connectivity index (χ0) is 13.5. The first-order valence-electron chi connectivity index (χ1n) is 5.55. The number of hydrogen-bond acceptors (Lipinski definition) is 5. The number of carbonyl (C=O) groups excluding carboxylic acids is 2. The van der Waals surface area contributed by atoms with Crippen LogP contribution in [0.4, 0.5) is 5.69 Å². The molecule has 98 valence electrons. The average Bonchev–Trinajstić information content (AvgIpc) is 2.35. The van der Waals surface area contributed by atoms with Crippen molar-refractivity contribution in [2.24, 2.45) is 0 Å². The number of aliphatic carboxylic acids is 1. The summed E-state index contributed by atoms with van der Waals surface area (Å²) in [7, 11) is 3.31. The summed E-state index contributed by atoms with van der Waals surface area (Å²) in [6, 6.07) is 3.69. The predicted molar refractivity (Wildman–Crippen MR) is 64.8 cm³/mol. The van der Waals surface area contributed by atoms with Crippen LogP contribution in [0, 0.1) is 0 Å². The van der Waals surface area contributed by atoms with Crippen molar-refractivity contribution >= 4 is 17.6 Å². The smallest absolute Gasteiger partial charge is 0.548 e. The maximum absolute atomic E-state index is 11.6. The number of likely N-dealkylation sites (N-methyl/N-ethyl adjacent to an activating group) is 1. The Labute approximate surface area is 155 Å². The van der Waals surface area contributed by atoms with Crippen molar-refractivity contribution in [2.45, 2.75) is 6.42 Å². The molecule has 0 saturated heterocycles. The fourth-order valence-electron chi connectivity index (χ4n) is 1.46. The minimum absolute atomic E-state index is 0. The topological polar surface area (TPSA) is 76.6 Å². The normalized spacial score (nSPS) is 9.37. The molecule has 1 aromatic rings. The van der Waals surface area contributed by atoms with Crippen LogP contribution in [0.1, 0.15) is 6.42 Å². The molecule has 1 heterocycles. The molecule has 0 aliphatic rings. The summed E-state index contributed by atoms with van der Waals surface area (Å²) in [5, 5.41) is 10.4. The third-order valence-corrected chi connectivity index (χ3v) is 2.56. The molecule has 1 aromatic heterocycles. The van der Waals surface area contributed by atoms with Crippen molar-refractivity contribution in [3.8, 4) is 0 Å². The van der Waals surface area contributed by atoms with E-state index in [0.717, 1.165) is 10.6 Å². The van der Waals surface area contributed by atoms with Crippen molar-refractivity contribution in [3.05, 3.63) is 24.5 Å². The summed E-state index contributed by atoms with van der Waals surface area (Å²) < 4.78 is 0. The summed E-state index contributed by atoms with van der Waals surface area (Å²) >= 11 is 0. The molecule has 0 saturated carbocycles. The molecule has 0 spiro atoms. The van der Waals surface area contributed by atoms with Crippen LogP contribution < -0.4 is 61.4 Å². The molecule has 0 atom stereocenters. The monoisotopic (exact) mass is 289 g/mol. The molecule has 1 amide bonds. The minimum Gasteiger partial charge on any atom is -0.548 e. The number of carbonyl (C=O) groups is 2. The molecule has 0 aliphatic heterocycles. The fourth-order valence-corrected chi connectivity index (χ4v) is 1.46. The SMILES string of the molecule is CN(CC(=O)[O-])C(=O)CCN(C)c1ccncc1.[K+]. The summed E-state index contributed by atoms with van der Waals surface area (Å²) in [4.78, 5) is 28.9. The number of pyridine rings is 1. The van der Waals surface area contributed by atoms with Crippen molar-refractivity contribution < 1.29 is 66.1 Å². The second-order valence-electron chi connectivity index (χ2n) is 4.00. The van der Waals surface area contributed by atoms with Crippen LogP contribution in [-0.2, 0) is 9.59 Å². The zero-order valence-corrected chi connectivity index (χ0v) is 14.6. The van der Waals surface area contributed by atoms with Gasteiger partial charge >= 0.3 is 51.4 Å². The number of carboxylic acids is 1. The van der Waals surface area contributed by atoms with E-state index in [1.165, 1.54) is 7.05 Å². The van der Waals surface area contributed by atoms with Crippen molar-refractivity contribution in [1.29, 1.82) is 0 Å². The number of aromatic nitrogens is 1. The van der Waals surface area contributed by atoms with Crippen LogP contribution in [-0.4, -0.2) is 48.9 Å². The first-order chi connectivity index (χ1) is 8.50. The Morgan fingerprint density at radius 3 is 2.37 bits per heavy atom. The van der Waals surface area contributed by atoms with Crippen LogP contribution in [0.2, 0.25) is 0 Å². The van der Waals surface area contributed by atoms with Gasteiger partial charge in [0.15, 0.2) is 0 Å². The standard InChI is InChI=1S/C12H17N3O3.K/c1-14(10-3-6-13-7-4-10)8-5-11(16)15(2)9-12(17)18;/h3-4,6-7H,5,8-9H2,1-2H3,(H,17,18);/q;+1/p-1. The molecule has 0 N–H and O–H groups in total. The summed E-state index contributed by atoms with van der Waals surface area (Å²) in [5.41, 5.74) is 0.959. The maximum atomic E-state index is 11.6. The van der Waals surface area contributed by atoms with Gasteiger partial charge in [-0.15, -0.1) is 0 Å². The van der Waals surface area contributed by atoms with Gasteiger partial charge in [0.25, 0.3) is 0 Å². The molecule has 6 nitrogen and oxygen atoms in total. The molecule has 1 rings (SSSR count). The van der Waals surface area contributed by atoms with Gasteiger partial charge in [0, 0.05) is 45.1 Å². The minimum atomic E-state index is -1.26. The maximum Gasteiger partial charge on any atom is 1.00 e. The van der Waals surface area contributed by atoms with E-state index in [4.69, 9.17) is 0 Å². The van der Waals surface area contributed by atoms with Gasteiger partial charge in [0.05, 0.1) is 12.5 Å². The predicted octanol–water partition coefficient (Wildman–Crippen LogP) is -3.88. The molecular formula is C12H16KN3O3.